The Labute approximate surface area is 188 Å². The number of nitrogens with zero attached hydrogens (tertiary/aromatic N) is 2. The van der Waals surface area contributed by atoms with Gasteiger partial charge in [-0.05, 0) is 30.5 Å². The van der Waals surface area contributed by atoms with Crippen molar-refractivity contribution in [3.63, 3.8) is 0 Å². The highest BCUT2D eigenvalue weighted by Gasteiger charge is 2.52. The lowest BCUT2D eigenvalue weighted by Crippen LogP contribution is -2.68. The second-order valence-electron chi connectivity index (χ2n) is 8.78. The molecule has 168 valence electrons. The van der Waals surface area contributed by atoms with E-state index in [1.54, 1.807) is 12.3 Å². The fourth-order valence-corrected chi connectivity index (χ4v) is 4.20. The summed E-state index contributed by atoms with van der Waals surface area (Å²) < 4.78 is 5.52. The Morgan fingerprint density at radius 2 is 2.13 bits per heavy atom. The number of benzene rings is 1. The number of rotatable bonds is 2. The highest BCUT2D eigenvalue weighted by molar-refractivity contribution is 6.33. The predicted molar refractivity (Wildman–Crippen MR) is 122 cm³/mol. The first-order valence-corrected chi connectivity index (χ1v) is 10.9. The summed E-state index contributed by atoms with van der Waals surface area (Å²) in [6.07, 6.45) is 3.29. The van der Waals surface area contributed by atoms with Crippen LogP contribution >= 0.6 is 11.6 Å². The number of likely N-dealkylation sites (N-methyl/N-ethyl adjacent to an activating group) is 1. The largest absolute Gasteiger partial charge is 0.391 e. The number of carbonyl (C=O) groups is 1. The summed E-state index contributed by atoms with van der Waals surface area (Å²) in [7, 11) is 4.17. The van der Waals surface area contributed by atoms with Gasteiger partial charge < -0.3 is 25.4 Å². The first-order chi connectivity index (χ1) is 14.6. The number of aliphatic hydroxyl groups excluding tert-OH is 1. The molecule has 2 fully saturated rings. The second kappa shape index (κ2) is 9.53. The second-order valence-corrected chi connectivity index (χ2v) is 9.18. The quantitative estimate of drug-likeness (QED) is 0.615. The average Bonchev–Trinajstić information content (AvgIpc) is 2.74. The molecule has 1 unspecified atom stereocenters. The van der Waals surface area contributed by atoms with E-state index in [4.69, 9.17) is 27.2 Å². The maximum absolute atomic E-state index is 12.7. The molecule has 2 aliphatic rings. The molecular weight excluding hydrogens is 416 g/mol. The van der Waals surface area contributed by atoms with Crippen molar-refractivity contribution in [2.75, 3.05) is 46.1 Å². The molecule has 3 heterocycles. The van der Waals surface area contributed by atoms with Crippen molar-refractivity contribution in [3.05, 3.63) is 47.1 Å². The summed E-state index contributed by atoms with van der Waals surface area (Å²) in [6.45, 7) is 4.92. The van der Waals surface area contributed by atoms with Crippen LogP contribution in [0.4, 0.5) is 5.82 Å². The average molecular weight is 448 g/mol. The predicted octanol–water partition coefficient (Wildman–Crippen LogP) is 2.56. The maximum Gasteiger partial charge on any atom is 0.286 e. The first kappa shape index (κ1) is 23.5. The minimum absolute atomic E-state index is 0.0382. The minimum Gasteiger partial charge on any atom is -0.391 e. The van der Waals surface area contributed by atoms with Gasteiger partial charge in [0.1, 0.15) is 5.82 Å². The highest BCUT2D eigenvalue weighted by Crippen LogP contribution is 2.37. The number of quaternary nitrogens is 1. The summed E-state index contributed by atoms with van der Waals surface area (Å²) in [5, 5.41) is 12.3. The van der Waals surface area contributed by atoms with Crippen molar-refractivity contribution in [1.29, 1.82) is 0 Å². The van der Waals surface area contributed by atoms with Gasteiger partial charge in [-0.15, -0.1) is 0 Å². The zero-order chi connectivity index (χ0) is 22.6. The van der Waals surface area contributed by atoms with Crippen LogP contribution in [0.3, 0.4) is 0 Å². The van der Waals surface area contributed by atoms with Crippen LogP contribution in [0.15, 0.2) is 36.5 Å². The molecule has 0 aliphatic carbocycles. The van der Waals surface area contributed by atoms with E-state index in [1.807, 2.05) is 31.2 Å². The van der Waals surface area contributed by atoms with Crippen molar-refractivity contribution in [2.45, 2.75) is 31.4 Å². The van der Waals surface area contributed by atoms with Crippen LogP contribution in [-0.2, 0) is 15.1 Å². The van der Waals surface area contributed by atoms with Crippen LogP contribution in [-0.4, -0.2) is 67.0 Å². The number of nitrogens with one attached hydrogen (secondary N) is 1. The molecule has 0 saturated carbocycles. The molecule has 31 heavy (non-hydrogen) atoms. The standard InChI is InChI=1S/C18H21ClN4O.C5H10O2/c1-18(17(24)21-7-8-23(18,2)3)13-6-4-5-12(9-13)14-10-16(20)22-11-15(14)19;6-5-2-1-3-7-4-5/h4-6,9-11H,7-8H2,1-3H3,(H2-,20,21,22,24);5-6H,1-4H2/p+1/t18-;/m0./s1. The van der Waals surface area contributed by atoms with Crippen molar-refractivity contribution in [1.82, 2.24) is 10.3 Å². The van der Waals surface area contributed by atoms with Gasteiger partial charge in [0, 0.05) is 30.9 Å². The number of aromatic nitrogens is 1. The van der Waals surface area contributed by atoms with Crippen LogP contribution in [0.1, 0.15) is 25.3 Å². The SMILES string of the molecule is C[C@]1(c2cccc(-c3cc(N)ncc3Cl)c2)C(=O)NCC[N+]1(C)C.OC1CCCOC1. The molecule has 7 nitrogen and oxygen atoms in total. The number of halogens is 1. The van der Waals surface area contributed by atoms with Crippen molar-refractivity contribution in [2.24, 2.45) is 0 Å². The van der Waals surface area contributed by atoms with Crippen LogP contribution in [0.2, 0.25) is 5.02 Å². The lowest BCUT2D eigenvalue weighted by atomic mass is 9.84. The third-order valence-corrected chi connectivity index (χ3v) is 6.66. The maximum atomic E-state index is 12.7. The third-order valence-electron chi connectivity index (χ3n) is 6.36. The molecule has 2 aliphatic heterocycles. The zero-order valence-corrected chi connectivity index (χ0v) is 19.2. The van der Waals surface area contributed by atoms with E-state index in [0.717, 1.165) is 42.7 Å². The lowest BCUT2D eigenvalue weighted by Gasteiger charge is -2.48. The van der Waals surface area contributed by atoms with Crippen LogP contribution in [0.25, 0.3) is 11.1 Å². The Morgan fingerprint density at radius 3 is 2.74 bits per heavy atom. The molecule has 4 N–H and O–H groups in total. The number of piperazine rings is 1. The number of carbonyl (C=O) groups excluding carboxylic acids is 1. The van der Waals surface area contributed by atoms with Crippen LogP contribution in [0.5, 0.6) is 0 Å². The molecule has 2 atom stereocenters. The van der Waals surface area contributed by atoms with Gasteiger partial charge in [-0.1, -0.05) is 29.8 Å². The van der Waals surface area contributed by atoms with E-state index >= 15 is 0 Å². The molecule has 1 aromatic heterocycles. The number of pyridine rings is 1. The van der Waals surface area contributed by atoms with E-state index in [1.165, 1.54) is 0 Å². The minimum atomic E-state index is -0.667. The lowest BCUT2D eigenvalue weighted by molar-refractivity contribution is -0.938. The number of nitrogens with two attached hydrogens (primary N) is 1. The van der Waals surface area contributed by atoms with Gasteiger partial charge in [0.05, 0.1) is 44.9 Å². The van der Waals surface area contributed by atoms with E-state index in [0.29, 0.717) is 28.5 Å². The Kier molecular flexibility index (Phi) is 7.21. The van der Waals surface area contributed by atoms with Gasteiger partial charge in [0.15, 0.2) is 0 Å². The topological polar surface area (TPSA) is 97.5 Å². The van der Waals surface area contributed by atoms with Gasteiger partial charge >= 0.3 is 0 Å². The van der Waals surface area contributed by atoms with E-state index in [9.17, 15) is 4.79 Å². The molecule has 1 amide bonds. The monoisotopic (exact) mass is 447 g/mol. The van der Waals surface area contributed by atoms with Crippen molar-refractivity contribution < 1.29 is 19.1 Å². The Balaban J connectivity index is 0.000000330. The first-order valence-electron chi connectivity index (χ1n) is 10.5. The van der Waals surface area contributed by atoms with Gasteiger partial charge in [-0.2, -0.15) is 0 Å². The van der Waals surface area contributed by atoms with Crippen LogP contribution in [0, 0.1) is 0 Å². The summed E-state index contributed by atoms with van der Waals surface area (Å²) in [4.78, 5) is 16.7. The summed E-state index contributed by atoms with van der Waals surface area (Å²) in [5.74, 6) is 0.453. The highest BCUT2D eigenvalue weighted by atomic mass is 35.5. The number of hydrogen-bond acceptors (Lipinski definition) is 5. The molecule has 2 aromatic rings. The van der Waals surface area contributed by atoms with E-state index < -0.39 is 5.54 Å². The molecule has 1 aromatic carbocycles. The summed E-state index contributed by atoms with van der Waals surface area (Å²) in [6, 6.07) is 9.68. The number of amides is 1. The number of aliphatic hydroxyl groups is 1. The molecule has 4 rings (SSSR count). The number of anilines is 1. The molecule has 0 bridgehead atoms. The fraction of sp³-hybridized carbons (Fsp3) is 0.478. The molecule has 2 saturated heterocycles. The van der Waals surface area contributed by atoms with Gasteiger partial charge in [-0.25, -0.2) is 4.98 Å². The number of nitrogen functional groups attached to an aromatic ring is 1. The van der Waals surface area contributed by atoms with Gasteiger partial charge in [0.2, 0.25) is 5.54 Å². The van der Waals surface area contributed by atoms with E-state index in [2.05, 4.69) is 24.4 Å². The van der Waals surface area contributed by atoms with Crippen molar-refractivity contribution in [3.8, 4) is 11.1 Å². The smallest absolute Gasteiger partial charge is 0.286 e. The molecular formula is C23H32ClN4O3+. The summed E-state index contributed by atoms with van der Waals surface area (Å²) in [5.41, 5.74) is 7.82. The molecule has 0 radical (unpaired) electrons. The van der Waals surface area contributed by atoms with Gasteiger partial charge in [0.25, 0.3) is 5.91 Å². The fourth-order valence-electron chi connectivity index (χ4n) is 3.99. The Hall–Kier alpha value is -2.19. The molecule has 8 heteroatoms. The van der Waals surface area contributed by atoms with Crippen LogP contribution < -0.4 is 11.1 Å². The van der Waals surface area contributed by atoms with E-state index in [-0.39, 0.29) is 12.0 Å². The molecule has 0 spiro atoms. The normalized spacial score (nSPS) is 25.2. The number of hydrogen-bond donors (Lipinski definition) is 3. The number of ether oxygens (including phenoxy) is 1. The van der Waals surface area contributed by atoms with Gasteiger partial charge in [-0.3, -0.25) is 4.79 Å². The zero-order valence-electron chi connectivity index (χ0n) is 18.4. The Morgan fingerprint density at radius 1 is 1.35 bits per heavy atom. The van der Waals surface area contributed by atoms with Crippen molar-refractivity contribution >= 4 is 23.3 Å². The Bertz CT molecular complexity index is 931. The third kappa shape index (κ3) is 5.01. The summed E-state index contributed by atoms with van der Waals surface area (Å²) >= 11 is 6.29.